The van der Waals surface area contributed by atoms with Crippen molar-refractivity contribution in [2.45, 2.75) is 38.5 Å². The molecule has 6 heteroatoms. The lowest BCUT2D eigenvalue weighted by Crippen LogP contribution is -2.34. The molecule has 1 aromatic heterocycles. The molecule has 0 radical (unpaired) electrons. The molecule has 1 heterocycles. The van der Waals surface area contributed by atoms with E-state index in [1.807, 2.05) is 6.92 Å². The highest BCUT2D eigenvalue weighted by Gasteiger charge is 2.18. The highest BCUT2D eigenvalue weighted by atomic mass is 32.2. The van der Waals surface area contributed by atoms with Gasteiger partial charge >= 0.3 is 0 Å². The second-order valence-electron chi connectivity index (χ2n) is 3.81. The Balaban J connectivity index is 2.66. The topological polar surface area (TPSA) is 72.2 Å². The van der Waals surface area contributed by atoms with E-state index in [2.05, 4.69) is 15.8 Å². The van der Waals surface area contributed by atoms with Crippen LogP contribution in [0.1, 0.15) is 31.2 Å². The minimum atomic E-state index is -3.47. The number of aromatic nitrogens is 1. The quantitative estimate of drug-likeness (QED) is 0.776. The van der Waals surface area contributed by atoms with Crippen molar-refractivity contribution >= 4 is 10.0 Å². The zero-order chi connectivity index (χ0) is 12.9. The Labute approximate surface area is 102 Å². The van der Waals surface area contributed by atoms with Crippen LogP contribution in [0.2, 0.25) is 0 Å². The molecule has 94 valence electrons. The minimum absolute atomic E-state index is 0.216. The molecule has 0 spiro atoms. The third kappa shape index (κ3) is 4.59. The molecule has 0 amide bonds. The summed E-state index contributed by atoms with van der Waals surface area (Å²) in [6, 6.07) is 1.13. The van der Waals surface area contributed by atoms with Gasteiger partial charge in [-0.1, -0.05) is 24.4 Å². The number of hydrogen-bond donors (Lipinski definition) is 1. The van der Waals surface area contributed by atoms with Gasteiger partial charge in [0, 0.05) is 6.07 Å². The van der Waals surface area contributed by atoms with E-state index in [-0.39, 0.29) is 5.75 Å². The van der Waals surface area contributed by atoms with Crippen molar-refractivity contribution in [2.75, 3.05) is 0 Å². The van der Waals surface area contributed by atoms with Crippen LogP contribution in [0, 0.1) is 19.3 Å². The van der Waals surface area contributed by atoms with Gasteiger partial charge in [0.25, 0.3) is 0 Å². The molecule has 1 rings (SSSR count). The van der Waals surface area contributed by atoms with Gasteiger partial charge in [-0.25, -0.2) is 13.1 Å². The molecule has 0 saturated heterocycles. The van der Waals surface area contributed by atoms with Gasteiger partial charge < -0.3 is 4.52 Å². The predicted molar refractivity (Wildman–Crippen MR) is 64.5 cm³/mol. The molecule has 1 aromatic rings. The van der Waals surface area contributed by atoms with Gasteiger partial charge in [0.15, 0.2) is 0 Å². The molecule has 5 nitrogen and oxygen atoms in total. The van der Waals surface area contributed by atoms with E-state index >= 15 is 0 Å². The Morgan fingerprint density at radius 1 is 1.65 bits per heavy atom. The first kappa shape index (κ1) is 13.7. The summed E-state index contributed by atoms with van der Waals surface area (Å²) >= 11 is 0. The first-order valence-electron chi connectivity index (χ1n) is 5.35. The molecular formula is C11H16N2O3S. The Hall–Kier alpha value is -1.32. The maximum absolute atomic E-state index is 11.8. The van der Waals surface area contributed by atoms with Gasteiger partial charge in [0.1, 0.15) is 17.2 Å². The lowest BCUT2D eigenvalue weighted by molar-refractivity contribution is 0.392. The van der Waals surface area contributed by atoms with Gasteiger partial charge in [-0.05, 0) is 13.3 Å². The van der Waals surface area contributed by atoms with E-state index in [4.69, 9.17) is 10.9 Å². The summed E-state index contributed by atoms with van der Waals surface area (Å²) in [4.78, 5) is 0. The summed E-state index contributed by atoms with van der Waals surface area (Å²) in [7, 11) is -3.47. The molecule has 17 heavy (non-hydrogen) atoms. The maximum Gasteiger partial charge on any atom is 0.218 e. The van der Waals surface area contributed by atoms with E-state index in [0.29, 0.717) is 17.9 Å². The van der Waals surface area contributed by atoms with Crippen LogP contribution in [-0.2, 0) is 15.8 Å². The monoisotopic (exact) mass is 256 g/mol. The third-order valence-corrected chi connectivity index (χ3v) is 3.43. The number of nitrogens with one attached hydrogen (secondary N) is 1. The van der Waals surface area contributed by atoms with Gasteiger partial charge in [-0.15, -0.1) is 6.42 Å². The number of nitrogens with zero attached hydrogens (tertiary/aromatic N) is 1. The molecule has 0 fully saturated rings. The third-order valence-electron chi connectivity index (χ3n) is 2.12. The first-order chi connectivity index (χ1) is 7.96. The molecular weight excluding hydrogens is 240 g/mol. The van der Waals surface area contributed by atoms with Crippen LogP contribution in [-0.4, -0.2) is 19.6 Å². The van der Waals surface area contributed by atoms with Crippen LogP contribution >= 0.6 is 0 Å². The van der Waals surface area contributed by atoms with E-state index in [1.54, 1.807) is 13.0 Å². The molecule has 0 saturated carbocycles. The van der Waals surface area contributed by atoms with Crippen molar-refractivity contribution in [1.82, 2.24) is 9.88 Å². The smallest absolute Gasteiger partial charge is 0.218 e. The predicted octanol–water partition coefficient (Wildman–Crippen LogP) is 1.20. The van der Waals surface area contributed by atoms with E-state index < -0.39 is 16.1 Å². The van der Waals surface area contributed by atoms with Gasteiger partial charge in [0.2, 0.25) is 10.0 Å². The normalized spacial score (nSPS) is 13.2. The fraction of sp³-hybridized carbons (Fsp3) is 0.545. The number of aryl methyl sites for hydroxylation is 1. The zero-order valence-electron chi connectivity index (χ0n) is 9.93. The highest BCUT2D eigenvalue weighted by molar-refractivity contribution is 7.88. The maximum atomic E-state index is 11.8. The molecule has 1 unspecified atom stereocenters. The Bertz CT molecular complexity index is 499. The summed E-state index contributed by atoms with van der Waals surface area (Å²) in [5.41, 5.74) is 0.377. The number of sulfonamides is 1. The van der Waals surface area contributed by atoms with Crippen molar-refractivity contribution in [3.8, 4) is 12.3 Å². The molecule has 0 aliphatic carbocycles. The highest BCUT2D eigenvalue weighted by Crippen LogP contribution is 2.07. The first-order valence-corrected chi connectivity index (χ1v) is 7.00. The minimum Gasteiger partial charge on any atom is -0.361 e. The van der Waals surface area contributed by atoms with Gasteiger partial charge in [-0.2, -0.15) is 0 Å². The standard InChI is InChI=1S/C11H16N2O3S/c1-4-6-10(5-2)13-17(14,15)8-11-7-9(3)16-12-11/h2,7,10,13H,4,6,8H2,1,3H3. The summed E-state index contributed by atoms with van der Waals surface area (Å²) in [6.45, 7) is 3.65. The molecule has 0 bridgehead atoms. The van der Waals surface area contributed by atoms with Gasteiger partial charge in [0.05, 0.1) is 6.04 Å². The van der Waals surface area contributed by atoms with Gasteiger partial charge in [-0.3, -0.25) is 0 Å². The molecule has 1 N–H and O–H groups in total. The lowest BCUT2D eigenvalue weighted by atomic mass is 10.2. The second kappa shape index (κ2) is 5.84. The fourth-order valence-corrected chi connectivity index (χ4v) is 2.63. The number of hydrogen-bond acceptors (Lipinski definition) is 4. The van der Waals surface area contributed by atoms with Crippen LogP contribution in [0.5, 0.6) is 0 Å². The van der Waals surface area contributed by atoms with Crippen molar-refractivity contribution in [2.24, 2.45) is 0 Å². The van der Waals surface area contributed by atoms with Crippen molar-refractivity contribution in [1.29, 1.82) is 0 Å². The summed E-state index contributed by atoms with van der Waals surface area (Å²) in [6.07, 6.45) is 6.69. The summed E-state index contributed by atoms with van der Waals surface area (Å²) in [5.74, 6) is 2.78. The largest absolute Gasteiger partial charge is 0.361 e. The van der Waals surface area contributed by atoms with Crippen LogP contribution < -0.4 is 4.72 Å². The van der Waals surface area contributed by atoms with E-state index in [0.717, 1.165) is 6.42 Å². The van der Waals surface area contributed by atoms with Crippen LogP contribution in [0.15, 0.2) is 10.6 Å². The van der Waals surface area contributed by atoms with Crippen molar-refractivity contribution < 1.29 is 12.9 Å². The van der Waals surface area contributed by atoms with Crippen molar-refractivity contribution in [3.05, 3.63) is 17.5 Å². The Morgan fingerprint density at radius 3 is 2.82 bits per heavy atom. The summed E-state index contributed by atoms with van der Waals surface area (Å²) in [5, 5.41) is 3.63. The van der Waals surface area contributed by atoms with E-state index in [1.165, 1.54) is 0 Å². The number of rotatable bonds is 6. The molecule has 0 aromatic carbocycles. The Morgan fingerprint density at radius 2 is 2.35 bits per heavy atom. The van der Waals surface area contributed by atoms with Crippen LogP contribution in [0.25, 0.3) is 0 Å². The average molecular weight is 256 g/mol. The summed E-state index contributed by atoms with van der Waals surface area (Å²) < 4.78 is 30.8. The second-order valence-corrected chi connectivity index (χ2v) is 5.57. The number of terminal acetylenes is 1. The van der Waals surface area contributed by atoms with E-state index in [9.17, 15) is 8.42 Å². The molecule has 0 aliphatic heterocycles. The zero-order valence-corrected chi connectivity index (χ0v) is 10.8. The SMILES string of the molecule is C#CC(CCC)NS(=O)(=O)Cc1cc(C)on1. The lowest BCUT2D eigenvalue weighted by Gasteiger charge is -2.11. The fourth-order valence-electron chi connectivity index (χ4n) is 1.40. The Kier molecular flexibility index (Phi) is 4.73. The molecule has 0 aliphatic rings. The average Bonchev–Trinajstić information content (AvgIpc) is 2.62. The van der Waals surface area contributed by atoms with Crippen molar-refractivity contribution in [3.63, 3.8) is 0 Å². The van der Waals surface area contributed by atoms with Crippen LogP contribution in [0.4, 0.5) is 0 Å². The molecule has 1 atom stereocenters. The van der Waals surface area contributed by atoms with Crippen LogP contribution in [0.3, 0.4) is 0 Å².